The molecule has 1 aliphatic rings. The van der Waals surface area contributed by atoms with Gasteiger partial charge in [-0.25, -0.2) is 4.79 Å². The molecule has 1 fully saturated rings. The van der Waals surface area contributed by atoms with Gasteiger partial charge in [0.2, 0.25) is 5.91 Å². The molecule has 0 spiro atoms. The Bertz CT molecular complexity index is 1200. The van der Waals surface area contributed by atoms with Crippen molar-refractivity contribution < 1.29 is 23.5 Å². The first-order chi connectivity index (χ1) is 13.8. The van der Waals surface area contributed by atoms with Crippen molar-refractivity contribution in [1.29, 1.82) is 0 Å². The molecule has 1 amide bonds. The van der Waals surface area contributed by atoms with E-state index in [0.29, 0.717) is 29.7 Å². The molecule has 2 aromatic heterocycles. The summed E-state index contributed by atoms with van der Waals surface area (Å²) in [5.41, 5.74) is 3.15. The van der Waals surface area contributed by atoms with Gasteiger partial charge in [-0.1, -0.05) is 0 Å². The summed E-state index contributed by atoms with van der Waals surface area (Å²) in [5.74, 6) is -1.65. The third-order valence-electron chi connectivity index (χ3n) is 5.96. The summed E-state index contributed by atoms with van der Waals surface area (Å²) in [5, 5.41) is 13.1. The number of carboxylic acid groups (broad SMARTS) is 1. The molecule has 1 saturated heterocycles. The van der Waals surface area contributed by atoms with Gasteiger partial charge in [-0.3, -0.25) is 4.79 Å². The molecule has 0 unspecified atom stereocenters. The quantitative estimate of drug-likeness (QED) is 0.628. The number of carboxylic acids is 1. The number of furan rings is 1. The van der Waals surface area contributed by atoms with Gasteiger partial charge >= 0.3 is 5.63 Å². The maximum absolute atomic E-state index is 12.9. The molecule has 3 aromatic rings. The minimum absolute atomic E-state index is 0.199. The Hall–Kier alpha value is -3.09. The lowest BCUT2D eigenvalue weighted by Gasteiger charge is -2.36. The van der Waals surface area contributed by atoms with E-state index < -0.39 is 23.5 Å². The fraction of sp³-hybridized carbons (Fsp3) is 0.409. The van der Waals surface area contributed by atoms with Gasteiger partial charge in [-0.15, -0.1) is 0 Å². The van der Waals surface area contributed by atoms with Gasteiger partial charge in [-0.05, 0) is 57.2 Å². The topological polar surface area (TPSA) is 104 Å². The number of benzene rings is 1. The molecule has 7 nitrogen and oxygen atoms in total. The number of nitrogens with zero attached hydrogens (tertiary/aromatic N) is 1. The number of hydrogen-bond acceptors (Lipinski definition) is 6. The van der Waals surface area contributed by atoms with Gasteiger partial charge in [-0.2, -0.15) is 0 Å². The van der Waals surface area contributed by atoms with Crippen LogP contribution in [0.15, 0.2) is 26.0 Å². The second-order valence-corrected chi connectivity index (χ2v) is 7.76. The molecule has 4 rings (SSSR count). The van der Waals surface area contributed by atoms with Crippen LogP contribution in [-0.2, 0) is 16.0 Å². The van der Waals surface area contributed by atoms with Crippen molar-refractivity contribution in [2.75, 3.05) is 6.54 Å². The first-order valence-corrected chi connectivity index (χ1v) is 9.73. The van der Waals surface area contributed by atoms with E-state index in [1.165, 1.54) is 4.90 Å². The molecule has 1 aromatic carbocycles. The van der Waals surface area contributed by atoms with Crippen molar-refractivity contribution >= 4 is 33.8 Å². The Morgan fingerprint density at radius 1 is 1.14 bits per heavy atom. The first kappa shape index (κ1) is 19.2. The van der Waals surface area contributed by atoms with Crippen molar-refractivity contribution in [2.45, 2.75) is 52.5 Å². The van der Waals surface area contributed by atoms with Crippen LogP contribution in [0.2, 0.25) is 0 Å². The molecule has 0 bridgehead atoms. The monoisotopic (exact) mass is 396 g/mol. The van der Waals surface area contributed by atoms with Crippen molar-refractivity contribution in [3.05, 3.63) is 45.0 Å². The van der Waals surface area contributed by atoms with Crippen LogP contribution in [0.5, 0.6) is 0 Å². The van der Waals surface area contributed by atoms with Crippen molar-refractivity contribution in [3.63, 3.8) is 0 Å². The molecule has 1 aliphatic heterocycles. The maximum Gasteiger partial charge on any atom is 0.340 e. The maximum atomic E-state index is 12.9. The number of rotatable bonds is 3. The van der Waals surface area contributed by atoms with Gasteiger partial charge in [0.1, 0.15) is 11.2 Å². The van der Waals surface area contributed by atoms with Gasteiger partial charge in [0.25, 0.3) is 0 Å². The lowest BCUT2D eigenvalue weighted by molar-refractivity contribution is -0.312. The molecule has 0 N–H and O–H groups in total. The van der Waals surface area contributed by atoms with Crippen LogP contribution in [-0.4, -0.2) is 29.4 Å². The zero-order valence-electron chi connectivity index (χ0n) is 16.7. The summed E-state index contributed by atoms with van der Waals surface area (Å²) in [6.07, 6.45) is 3.30. The SMILES string of the molecule is Cc1coc2c(C)c3oc(=O)c(CC(=O)N4CCCC[C@H]4C(=O)[O-])c(C)c3cc12. The zero-order valence-corrected chi connectivity index (χ0v) is 16.7. The fourth-order valence-corrected chi connectivity index (χ4v) is 4.25. The molecule has 0 aliphatic carbocycles. The molecule has 1 atom stereocenters. The highest BCUT2D eigenvalue weighted by atomic mass is 16.4. The lowest BCUT2D eigenvalue weighted by Crippen LogP contribution is -2.53. The van der Waals surface area contributed by atoms with E-state index in [4.69, 9.17) is 8.83 Å². The number of hydrogen-bond donors (Lipinski definition) is 0. The van der Waals surface area contributed by atoms with Crippen LogP contribution in [0.4, 0.5) is 0 Å². The van der Waals surface area contributed by atoms with Crippen molar-refractivity contribution in [1.82, 2.24) is 4.90 Å². The summed E-state index contributed by atoms with van der Waals surface area (Å²) in [7, 11) is 0. The number of carbonyl (C=O) groups is 2. The van der Waals surface area contributed by atoms with Crippen LogP contribution < -0.4 is 10.7 Å². The van der Waals surface area contributed by atoms with Gasteiger partial charge in [0.15, 0.2) is 0 Å². The van der Waals surface area contributed by atoms with Gasteiger partial charge in [0, 0.05) is 22.9 Å². The van der Waals surface area contributed by atoms with E-state index >= 15 is 0 Å². The Morgan fingerprint density at radius 2 is 1.90 bits per heavy atom. The standard InChI is InChI=1S/C22H23NO6/c1-11-10-28-19-13(3)20-15(8-14(11)19)12(2)16(22(27)29-20)9-18(24)23-7-5-4-6-17(23)21(25)26/h8,10,17H,4-7,9H2,1-3H3,(H,25,26)/p-1/t17-/m0/s1. The van der Waals surface area contributed by atoms with Crippen molar-refractivity contribution in [3.8, 4) is 0 Å². The van der Waals surface area contributed by atoms with E-state index in [-0.39, 0.29) is 12.0 Å². The van der Waals surface area contributed by atoms with Gasteiger partial charge in [0.05, 0.1) is 30.3 Å². The number of aryl methyl sites for hydroxylation is 3. The fourth-order valence-electron chi connectivity index (χ4n) is 4.25. The number of fused-ring (bicyclic) bond motifs is 2. The Kier molecular flexibility index (Phi) is 4.68. The molecule has 29 heavy (non-hydrogen) atoms. The minimum atomic E-state index is -1.26. The molecule has 0 radical (unpaired) electrons. The number of amides is 1. The number of aliphatic carboxylic acids is 1. The highest BCUT2D eigenvalue weighted by molar-refractivity contribution is 6.00. The highest BCUT2D eigenvalue weighted by Gasteiger charge is 2.29. The minimum Gasteiger partial charge on any atom is -0.548 e. The number of likely N-dealkylation sites (tertiary alicyclic amines) is 1. The largest absolute Gasteiger partial charge is 0.548 e. The van der Waals surface area contributed by atoms with Crippen LogP contribution in [0.3, 0.4) is 0 Å². The average molecular weight is 396 g/mol. The summed E-state index contributed by atoms with van der Waals surface area (Å²) >= 11 is 0. The summed E-state index contributed by atoms with van der Waals surface area (Å²) < 4.78 is 11.2. The van der Waals surface area contributed by atoms with Crippen LogP contribution in [0.1, 0.15) is 41.5 Å². The zero-order chi connectivity index (χ0) is 20.9. The van der Waals surface area contributed by atoms with Crippen LogP contribution in [0, 0.1) is 20.8 Å². The predicted molar refractivity (Wildman–Crippen MR) is 105 cm³/mol. The smallest absolute Gasteiger partial charge is 0.340 e. The summed E-state index contributed by atoms with van der Waals surface area (Å²) in [6, 6.07) is 0.965. The first-order valence-electron chi connectivity index (χ1n) is 9.73. The third-order valence-corrected chi connectivity index (χ3v) is 5.96. The van der Waals surface area contributed by atoms with Crippen LogP contribution >= 0.6 is 0 Å². The van der Waals surface area contributed by atoms with E-state index in [2.05, 4.69) is 0 Å². The Balaban J connectivity index is 1.79. The Labute approximate surface area is 166 Å². The molecule has 152 valence electrons. The summed E-state index contributed by atoms with van der Waals surface area (Å²) in [4.78, 5) is 38.3. The van der Waals surface area contributed by atoms with Crippen LogP contribution in [0.25, 0.3) is 21.9 Å². The van der Waals surface area contributed by atoms with Gasteiger partial charge < -0.3 is 23.6 Å². The normalized spacial score (nSPS) is 17.2. The Morgan fingerprint density at radius 3 is 2.62 bits per heavy atom. The average Bonchev–Trinajstić information content (AvgIpc) is 3.07. The lowest BCUT2D eigenvalue weighted by atomic mass is 9.97. The molecule has 3 heterocycles. The number of piperidine rings is 1. The third kappa shape index (κ3) is 3.10. The van der Waals surface area contributed by atoms with Crippen molar-refractivity contribution in [2.24, 2.45) is 0 Å². The second-order valence-electron chi connectivity index (χ2n) is 7.76. The number of carbonyl (C=O) groups excluding carboxylic acids is 2. The summed E-state index contributed by atoms with van der Waals surface area (Å²) in [6.45, 7) is 5.91. The highest BCUT2D eigenvalue weighted by Crippen LogP contribution is 2.32. The molecular formula is C22H22NO6-. The van der Waals surface area contributed by atoms with E-state index in [9.17, 15) is 19.5 Å². The molecule has 7 heteroatoms. The predicted octanol–water partition coefficient (Wildman–Crippen LogP) is 2.14. The molecule has 0 saturated carbocycles. The van der Waals surface area contributed by atoms with E-state index in [1.807, 2.05) is 19.9 Å². The molecular weight excluding hydrogens is 374 g/mol. The van der Waals surface area contributed by atoms with E-state index in [1.54, 1.807) is 13.2 Å². The second kappa shape index (κ2) is 7.06. The van der Waals surface area contributed by atoms with E-state index in [0.717, 1.165) is 34.7 Å².